The van der Waals surface area contributed by atoms with Gasteiger partial charge in [0.25, 0.3) is 0 Å². The quantitative estimate of drug-likeness (QED) is 0.312. The van der Waals surface area contributed by atoms with Crippen LogP contribution in [0.5, 0.6) is 5.75 Å². The fourth-order valence-electron chi connectivity index (χ4n) is 5.19. The maximum absolute atomic E-state index is 13.9. The minimum atomic E-state index is -0.403. The minimum absolute atomic E-state index is 0.236. The zero-order valence-corrected chi connectivity index (χ0v) is 21.7. The molecule has 2 amide bonds. The molecule has 0 saturated carbocycles. The number of nitrogens with one attached hydrogen (secondary N) is 1. The lowest BCUT2D eigenvalue weighted by Gasteiger charge is -2.31. The summed E-state index contributed by atoms with van der Waals surface area (Å²) in [7, 11) is 1.63. The number of hydrogen-bond donors (Lipinski definition) is 1. The molecule has 5 aromatic rings. The Morgan fingerprint density at radius 1 is 1.03 bits per heavy atom. The first-order valence-corrected chi connectivity index (χ1v) is 12.8. The number of benzene rings is 3. The van der Waals surface area contributed by atoms with E-state index in [1.165, 1.54) is 12.1 Å². The van der Waals surface area contributed by atoms with E-state index in [2.05, 4.69) is 9.88 Å². The molecule has 6 rings (SSSR count). The lowest BCUT2D eigenvalue weighted by molar-refractivity contribution is 0.180. The highest BCUT2D eigenvalue weighted by Crippen LogP contribution is 2.39. The molecule has 0 spiro atoms. The third kappa shape index (κ3) is 4.54. The van der Waals surface area contributed by atoms with Gasteiger partial charge in [-0.1, -0.05) is 42.5 Å². The van der Waals surface area contributed by atoms with Gasteiger partial charge >= 0.3 is 6.03 Å². The summed E-state index contributed by atoms with van der Waals surface area (Å²) in [5.41, 5.74) is 5.40. The maximum Gasteiger partial charge on any atom is 0.318 e. The Kier molecular flexibility index (Phi) is 6.36. The van der Waals surface area contributed by atoms with E-state index >= 15 is 0 Å². The summed E-state index contributed by atoms with van der Waals surface area (Å²) in [4.78, 5) is 15.8. The molecule has 7 nitrogen and oxygen atoms in total. The summed E-state index contributed by atoms with van der Waals surface area (Å²) in [6.45, 7) is 2.59. The number of hydrogen-bond acceptors (Lipinski definition) is 3. The van der Waals surface area contributed by atoms with Crippen LogP contribution in [0, 0.1) is 12.7 Å². The predicted octanol–water partition coefficient (Wildman–Crippen LogP) is 5.93. The van der Waals surface area contributed by atoms with Gasteiger partial charge in [0.05, 0.1) is 36.8 Å². The van der Waals surface area contributed by atoms with Gasteiger partial charge in [0.15, 0.2) is 0 Å². The molecule has 8 heteroatoms. The highest BCUT2D eigenvalue weighted by atomic mass is 19.1. The lowest BCUT2D eigenvalue weighted by atomic mass is 10.0. The first kappa shape index (κ1) is 24.5. The molecule has 1 aliphatic heterocycles. The van der Waals surface area contributed by atoms with Crippen LogP contribution < -0.4 is 10.1 Å². The highest BCUT2D eigenvalue weighted by Gasteiger charge is 2.36. The van der Waals surface area contributed by atoms with Gasteiger partial charge in [0.1, 0.15) is 17.4 Å². The molecule has 0 saturated heterocycles. The monoisotopic (exact) mass is 521 g/mol. The van der Waals surface area contributed by atoms with E-state index in [4.69, 9.17) is 9.84 Å². The molecule has 39 heavy (non-hydrogen) atoms. The number of halogens is 1. The Hall–Kier alpha value is -4.85. The number of methoxy groups -OCH3 is 1. The van der Waals surface area contributed by atoms with Crippen LogP contribution >= 0.6 is 0 Å². The van der Waals surface area contributed by atoms with E-state index in [1.54, 1.807) is 19.2 Å². The Bertz CT molecular complexity index is 1620. The van der Waals surface area contributed by atoms with Crippen LogP contribution in [0.3, 0.4) is 0 Å². The number of carbonyl (C=O) groups excluding carboxylic acids is 1. The zero-order valence-electron chi connectivity index (χ0n) is 21.7. The van der Waals surface area contributed by atoms with Crippen molar-refractivity contribution in [3.8, 4) is 17.3 Å². The highest BCUT2D eigenvalue weighted by molar-refractivity contribution is 5.76. The van der Waals surface area contributed by atoms with Gasteiger partial charge in [-0.15, -0.1) is 0 Å². The molecular weight excluding hydrogens is 493 g/mol. The SMILES string of the molecule is COc1cccc([C@@H]2c3cccn3-c3c(c(C)nn3-c3ccccc3)CN2C(=O)NCc2ccc(F)cc2)c1. The van der Waals surface area contributed by atoms with E-state index in [0.717, 1.165) is 39.6 Å². The number of urea groups is 1. The number of para-hydroxylation sites is 1. The minimum Gasteiger partial charge on any atom is -0.497 e. The van der Waals surface area contributed by atoms with Crippen molar-refractivity contribution in [1.82, 2.24) is 24.6 Å². The molecule has 3 heterocycles. The van der Waals surface area contributed by atoms with Crippen molar-refractivity contribution in [2.45, 2.75) is 26.1 Å². The molecule has 1 N–H and O–H groups in total. The maximum atomic E-state index is 13.9. The molecule has 196 valence electrons. The number of rotatable bonds is 5. The first-order chi connectivity index (χ1) is 19.0. The molecule has 2 aromatic heterocycles. The smallest absolute Gasteiger partial charge is 0.318 e. The van der Waals surface area contributed by atoms with Gasteiger partial charge in [-0.25, -0.2) is 13.9 Å². The summed E-state index contributed by atoms with van der Waals surface area (Å²) in [6, 6.07) is 27.3. The average molecular weight is 522 g/mol. The van der Waals surface area contributed by atoms with Crippen LogP contribution in [-0.4, -0.2) is 32.4 Å². The average Bonchev–Trinajstić information content (AvgIpc) is 3.53. The van der Waals surface area contributed by atoms with Crippen molar-refractivity contribution >= 4 is 6.03 Å². The van der Waals surface area contributed by atoms with E-state index in [-0.39, 0.29) is 18.4 Å². The van der Waals surface area contributed by atoms with Crippen LogP contribution in [0.2, 0.25) is 0 Å². The second-order valence-corrected chi connectivity index (χ2v) is 9.53. The van der Waals surface area contributed by atoms with Gasteiger partial charge in [0.2, 0.25) is 0 Å². The van der Waals surface area contributed by atoms with Crippen molar-refractivity contribution in [1.29, 1.82) is 0 Å². The third-order valence-corrected chi connectivity index (χ3v) is 7.11. The van der Waals surface area contributed by atoms with Crippen LogP contribution in [0.15, 0.2) is 97.2 Å². The Morgan fingerprint density at radius 3 is 2.59 bits per heavy atom. The molecule has 0 bridgehead atoms. The molecule has 3 aromatic carbocycles. The van der Waals surface area contributed by atoms with E-state index < -0.39 is 6.04 Å². The number of carbonyl (C=O) groups is 1. The predicted molar refractivity (Wildman–Crippen MR) is 147 cm³/mol. The molecule has 1 aliphatic rings. The molecule has 0 unspecified atom stereocenters. The second-order valence-electron chi connectivity index (χ2n) is 9.53. The van der Waals surface area contributed by atoms with Crippen molar-refractivity contribution in [2.75, 3.05) is 7.11 Å². The third-order valence-electron chi connectivity index (χ3n) is 7.11. The van der Waals surface area contributed by atoms with Crippen molar-refractivity contribution in [3.05, 3.63) is 131 Å². The molecule has 0 radical (unpaired) electrons. The zero-order chi connectivity index (χ0) is 26.9. The van der Waals surface area contributed by atoms with Crippen molar-refractivity contribution in [2.24, 2.45) is 0 Å². The van der Waals surface area contributed by atoms with Gasteiger partial charge in [-0.05, 0) is 66.6 Å². The van der Waals surface area contributed by atoms with E-state index in [1.807, 2.05) is 89.4 Å². The number of aromatic nitrogens is 3. The van der Waals surface area contributed by atoms with Gasteiger partial charge in [-0.3, -0.25) is 0 Å². The molecule has 0 fully saturated rings. The van der Waals surface area contributed by atoms with Crippen LogP contribution in [0.25, 0.3) is 11.5 Å². The summed E-state index contributed by atoms with van der Waals surface area (Å²) < 4.78 is 23.0. The van der Waals surface area contributed by atoms with E-state index in [9.17, 15) is 9.18 Å². The summed E-state index contributed by atoms with van der Waals surface area (Å²) in [6.07, 6.45) is 2.02. The van der Waals surface area contributed by atoms with Gasteiger partial charge < -0.3 is 19.5 Å². The second kappa shape index (κ2) is 10.1. The lowest BCUT2D eigenvalue weighted by Crippen LogP contribution is -2.41. The number of amides is 2. The van der Waals surface area contributed by atoms with Gasteiger partial charge in [0, 0.05) is 18.3 Å². The Balaban J connectivity index is 1.48. The van der Waals surface area contributed by atoms with Crippen molar-refractivity contribution < 1.29 is 13.9 Å². The summed E-state index contributed by atoms with van der Waals surface area (Å²) >= 11 is 0. The number of fused-ring (bicyclic) bond motifs is 3. The number of ether oxygens (including phenoxy) is 1. The van der Waals surface area contributed by atoms with Crippen LogP contribution in [-0.2, 0) is 13.1 Å². The largest absolute Gasteiger partial charge is 0.497 e. The standard InChI is InChI=1S/C31H28FN5O2/c1-21-27-20-36(31(38)33-19-22-13-15-24(32)16-14-22)29(23-8-6-11-26(18-23)39-2)28-12-7-17-35(28)30(27)37(34-21)25-9-4-3-5-10-25/h3-18,29H,19-20H2,1-2H3,(H,33,38)/t29-/m1/s1. The number of nitrogens with zero attached hydrogens (tertiary/aromatic N) is 4. The van der Waals surface area contributed by atoms with Gasteiger partial charge in [-0.2, -0.15) is 5.10 Å². The topological polar surface area (TPSA) is 64.3 Å². The van der Waals surface area contributed by atoms with Crippen LogP contribution in [0.4, 0.5) is 9.18 Å². The normalized spacial score (nSPS) is 14.3. The summed E-state index contributed by atoms with van der Waals surface area (Å²) in [5, 5.41) is 7.94. The number of aryl methyl sites for hydroxylation is 1. The van der Waals surface area contributed by atoms with Crippen LogP contribution in [0.1, 0.15) is 34.1 Å². The fourth-order valence-corrected chi connectivity index (χ4v) is 5.19. The molecular formula is C31H28FN5O2. The first-order valence-electron chi connectivity index (χ1n) is 12.8. The summed E-state index contributed by atoms with van der Waals surface area (Å²) in [5.74, 6) is 1.31. The Labute approximate surface area is 226 Å². The fraction of sp³-hybridized carbons (Fsp3) is 0.161. The molecule has 1 atom stereocenters. The van der Waals surface area contributed by atoms with Crippen molar-refractivity contribution in [3.63, 3.8) is 0 Å². The van der Waals surface area contributed by atoms with E-state index in [0.29, 0.717) is 12.3 Å². The Morgan fingerprint density at radius 2 is 1.82 bits per heavy atom. The molecule has 0 aliphatic carbocycles.